The van der Waals surface area contributed by atoms with Gasteiger partial charge in [-0.3, -0.25) is 14.5 Å². The summed E-state index contributed by atoms with van der Waals surface area (Å²) in [6.07, 6.45) is 8.44. The van der Waals surface area contributed by atoms with Gasteiger partial charge in [0.2, 0.25) is 5.78 Å². The van der Waals surface area contributed by atoms with Crippen molar-refractivity contribution in [1.29, 1.82) is 0 Å². The zero-order chi connectivity index (χ0) is 20.3. The van der Waals surface area contributed by atoms with Gasteiger partial charge in [0.1, 0.15) is 5.56 Å². The number of allylic oxidation sites excluding steroid dienone is 1. The fourth-order valence-electron chi connectivity index (χ4n) is 3.98. The minimum Gasteiger partial charge on any atom is -0.475 e. The Morgan fingerprint density at radius 2 is 2.11 bits per heavy atom. The van der Waals surface area contributed by atoms with Crippen LogP contribution in [0.2, 0.25) is 0 Å². The van der Waals surface area contributed by atoms with Crippen molar-refractivity contribution >= 4 is 11.6 Å². The Kier molecular flexibility index (Phi) is 5.96. The fourth-order valence-corrected chi connectivity index (χ4v) is 3.98. The quantitative estimate of drug-likeness (QED) is 0.396. The number of hydrogen-bond acceptors (Lipinski definition) is 7. The van der Waals surface area contributed by atoms with Gasteiger partial charge in [-0.25, -0.2) is 0 Å². The predicted molar refractivity (Wildman–Crippen MR) is 103 cm³/mol. The highest BCUT2D eigenvalue weighted by Gasteiger charge is 2.61. The Labute approximate surface area is 164 Å². The lowest BCUT2D eigenvalue weighted by Gasteiger charge is -2.45. The van der Waals surface area contributed by atoms with E-state index in [2.05, 4.69) is 18.3 Å². The van der Waals surface area contributed by atoms with Crippen LogP contribution in [-0.4, -0.2) is 52.0 Å². The molecule has 1 heterocycles. The number of rotatable bonds is 9. The Bertz CT molecular complexity index is 802. The van der Waals surface area contributed by atoms with Gasteiger partial charge in [0, 0.05) is 19.0 Å². The van der Waals surface area contributed by atoms with E-state index in [0.29, 0.717) is 31.9 Å². The summed E-state index contributed by atoms with van der Waals surface area (Å²) in [6.45, 7) is 10.9. The van der Waals surface area contributed by atoms with Gasteiger partial charge in [-0.15, -0.1) is 13.2 Å². The van der Waals surface area contributed by atoms with E-state index >= 15 is 0 Å². The van der Waals surface area contributed by atoms with E-state index in [1.54, 1.807) is 18.2 Å². The van der Waals surface area contributed by atoms with Crippen molar-refractivity contribution < 1.29 is 24.0 Å². The zero-order valence-corrected chi connectivity index (χ0v) is 16.1. The molecule has 2 aliphatic carbocycles. The maximum Gasteiger partial charge on any atom is 0.265 e. The second-order valence-electron chi connectivity index (χ2n) is 7.11. The molecule has 7 heteroatoms. The number of ketones is 2. The number of unbranched alkanes of at least 4 members (excludes halogenated alkanes) is 1. The van der Waals surface area contributed by atoms with Crippen molar-refractivity contribution in [2.24, 2.45) is 5.92 Å². The second-order valence-corrected chi connectivity index (χ2v) is 7.11. The number of Topliss-reactive ketones (excluding diaryl/α,β-unsaturated/α-hetero) is 1. The van der Waals surface area contributed by atoms with Gasteiger partial charge in [0.15, 0.2) is 17.1 Å². The third kappa shape index (κ3) is 3.14. The molecule has 1 N–H and O–H groups in total. The van der Waals surface area contributed by atoms with Gasteiger partial charge >= 0.3 is 0 Å². The molecule has 0 radical (unpaired) electrons. The topological polar surface area (TPSA) is 92.9 Å². The predicted octanol–water partition coefficient (Wildman–Crippen LogP) is 2.64. The van der Waals surface area contributed by atoms with Crippen LogP contribution in [0, 0.1) is 5.92 Å². The number of aliphatic hydroxyl groups is 1. The lowest BCUT2D eigenvalue weighted by Crippen LogP contribution is -2.60. The molecule has 150 valence electrons. The van der Waals surface area contributed by atoms with E-state index in [1.165, 1.54) is 6.08 Å². The normalized spacial score (nSPS) is 26.1. The van der Waals surface area contributed by atoms with Gasteiger partial charge in [-0.05, 0) is 24.1 Å². The summed E-state index contributed by atoms with van der Waals surface area (Å²) < 4.78 is 11.2. The second kappa shape index (κ2) is 8.24. The molecule has 0 spiro atoms. The van der Waals surface area contributed by atoms with E-state index in [0.717, 1.165) is 12.8 Å². The third-order valence-corrected chi connectivity index (χ3v) is 5.34. The van der Waals surface area contributed by atoms with Crippen LogP contribution >= 0.6 is 0 Å². The van der Waals surface area contributed by atoms with E-state index in [1.807, 2.05) is 11.8 Å². The number of fused-ring (bicyclic) bond motifs is 2. The summed E-state index contributed by atoms with van der Waals surface area (Å²) in [5.74, 6) is -1.67. The average Bonchev–Trinajstić information content (AvgIpc) is 3.09. The molecule has 1 aromatic heterocycles. The van der Waals surface area contributed by atoms with Gasteiger partial charge in [0.05, 0.1) is 12.6 Å². The maximum absolute atomic E-state index is 13.2. The monoisotopic (exact) mass is 386 g/mol. The summed E-state index contributed by atoms with van der Waals surface area (Å²) in [7, 11) is 0. The van der Waals surface area contributed by atoms with Crippen LogP contribution in [0.5, 0.6) is 5.88 Å². The molecule has 0 saturated carbocycles. The molecular weight excluding hydrogens is 360 g/mol. The molecule has 3 atom stereocenters. The molecule has 7 nitrogen and oxygen atoms in total. The van der Waals surface area contributed by atoms with Crippen LogP contribution < -0.4 is 4.74 Å². The molecule has 0 bridgehead atoms. The highest BCUT2D eigenvalue weighted by molar-refractivity contribution is 6.23. The minimum atomic E-state index is -2.17. The summed E-state index contributed by atoms with van der Waals surface area (Å²) in [4.78, 5) is 27.8. The Hall–Kier alpha value is -2.51. The third-order valence-electron chi connectivity index (χ3n) is 5.34. The highest BCUT2D eigenvalue weighted by atomic mass is 16.5. The fraction of sp³-hybridized carbons (Fsp3) is 0.476. The van der Waals surface area contributed by atoms with Crippen LogP contribution in [-0.2, 0) is 4.79 Å². The molecule has 28 heavy (non-hydrogen) atoms. The SMILES string of the molecule is C=CCN(CC=C)[C@@H]1c2onc(OCCCC)c2C(=O)[C@]2(O)C(=O)C=CCC12. The summed E-state index contributed by atoms with van der Waals surface area (Å²) in [6, 6.07) is -0.543. The Morgan fingerprint density at radius 1 is 1.39 bits per heavy atom. The lowest BCUT2D eigenvalue weighted by atomic mass is 9.65. The maximum atomic E-state index is 13.2. The molecule has 0 saturated heterocycles. The first kappa shape index (κ1) is 20.2. The largest absolute Gasteiger partial charge is 0.475 e. The number of carbonyl (C=O) groups excluding carboxylic acids is 2. The van der Waals surface area contributed by atoms with Crippen molar-refractivity contribution in [3.63, 3.8) is 0 Å². The molecule has 0 aromatic carbocycles. The highest BCUT2D eigenvalue weighted by Crippen LogP contribution is 2.50. The van der Waals surface area contributed by atoms with Gasteiger partial charge in [0.25, 0.3) is 5.88 Å². The molecular formula is C21H26N2O5. The standard InChI is InChI=1S/C21H26N2O5/c1-4-7-13-27-20-16-18(28-22-20)17(23(11-5-2)12-6-3)14-9-8-10-15(24)21(14,26)19(16)25/h5-6,8,10,14,17,26H,2-4,7,9,11-13H2,1H3/t14?,17-,21+/m0/s1. The van der Waals surface area contributed by atoms with E-state index in [4.69, 9.17) is 9.26 Å². The first-order valence-electron chi connectivity index (χ1n) is 9.56. The van der Waals surface area contributed by atoms with E-state index in [9.17, 15) is 14.7 Å². The van der Waals surface area contributed by atoms with E-state index < -0.39 is 29.1 Å². The molecule has 0 fully saturated rings. The number of ether oxygens (including phenoxy) is 1. The smallest absolute Gasteiger partial charge is 0.265 e. The van der Waals surface area contributed by atoms with Crippen LogP contribution in [0.3, 0.4) is 0 Å². The molecule has 1 aromatic rings. The summed E-state index contributed by atoms with van der Waals surface area (Å²) in [5, 5.41) is 15.2. The van der Waals surface area contributed by atoms with Crippen molar-refractivity contribution in [2.45, 2.75) is 37.8 Å². The average molecular weight is 386 g/mol. The number of aromatic nitrogens is 1. The first-order valence-corrected chi connectivity index (χ1v) is 9.56. The first-order chi connectivity index (χ1) is 13.5. The molecule has 3 rings (SSSR count). The molecule has 2 aliphatic rings. The van der Waals surface area contributed by atoms with Crippen LogP contribution in [0.1, 0.15) is 48.3 Å². The van der Waals surface area contributed by atoms with E-state index in [-0.39, 0.29) is 11.4 Å². The van der Waals surface area contributed by atoms with Crippen LogP contribution in [0.4, 0.5) is 0 Å². The van der Waals surface area contributed by atoms with Crippen molar-refractivity contribution in [3.05, 3.63) is 48.8 Å². The van der Waals surface area contributed by atoms with Crippen LogP contribution in [0.25, 0.3) is 0 Å². The van der Waals surface area contributed by atoms with Gasteiger partial charge < -0.3 is 14.4 Å². The zero-order valence-electron chi connectivity index (χ0n) is 16.1. The lowest BCUT2D eigenvalue weighted by molar-refractivity contribution is -0.137. The molecule has 1 unspecified atom stereocenters. The van der Waals surface area contributed by atoms with Crippen molar-refractivity contribution in [2.75, 3.05) is 19.7 Å². The Morgan fingerprint density at radius 3 is 2.75 bits per heavy atom. The Balaban J connectivity index is 2.13. The van der Waals surface area contributed by atoms with Crippen molar-refractivity contribution in [1.82, 2.24) is 10.1 Å². The number of hydrogen-bond donors (Lipinski definition) is 1. The number of carbonyl (C=O) groups is 2. The van der Waals surface area contributed by atoms with Gasteiger partial charge in [-0.2, -0.15) is 0 Å². The number of nitrogens with zero attached hydrogens (tertiary/aromatic N) is 2. The van der Waals surface area contributed by atoms with Crippen LogP contribution in [0.15, 0.2) is 42.0 Å². The summed E-state index contributed by atoms with van der Waals surface area (Å²) in [5.41, 5.74) is -2.11. The molecule has 0 aliphatic heterocycles. The minimum absolute atomic E-state index is 0.0323. The summed E-state index contributed by atoms with van der Waals surface area (Å²) >= 11 is 0. The molecule has 0 amide bonds. The van der Waals surface area contributed by atoms with Crippen molar-refractivity contribution in [3.8, 4) is 5.88 Å². The van der Waals surface area contributed by atoms with Gasteiger partial charge in [-0.1, -0.05) is 31.6 Å².